The minimum absolute atomic E-state index is 0.283. The van der Waals surface area contributed by atoms with Gasteiger partial charge in [0.2, 0.25) is 5.89 Å². The van der Waals surface area contributed by atoms with Crippen molar-refractivity contribution in [3.05, 3.63) is 46.7 Å². The summed E-state index contributed by atoms with van der Waals surface area (Å²) in [6.45, 7) is 6.11. The normalized spacial score (nSPS) is 10.5. The van der Waals surface area contributed by atoms with Crippen LogP contribution >= 0.6 is 0 Å². The van der Waals surface area contributed by atoms with Crippen molar-refractivity contribution in [3.63, 3.8) is 0 Å². The smallest absolute Gasteiger partial charge is 0.335 e. The number of aryl methyl sites for hydroxylation is 3. The van der Waals surface area contributed by atoms with Crippen LogP contribution in [0.5, 0.6) is 0 Å². The van der Waals surface area contributed by atoms with Crippen molar-refractivity contribution in [2.75, 3.05) is 5.32 Å². The number of nitrogens with zero attached hydrogens (tertiary/aromatic N) is 1. The summed E-state index contributed by atoms with van der Waals surface area (Å²) in [5, 5.41) is 12.1. The predicted molar refractivity (Wildman–Crippen MR) is 71.4 cm³/mol. The molecule has 100 valence electrons. The van der Waals surface area contributed by atoms with Crippen LogP contribution in [0.4, 0.5) is 5.69 Å². The summed E-state index contributed by atoms with van der Waals surface area (Å²) in [6, 6.07) is 4.96. The first kappa shape index (κ1) is 13.1. The van der Waals surface area contributed by atoms with Crippen molar-refractivity contribution in [1.82, 2.24) is 4.98 Å². The second kappa shape index (κ2) is 5.14. The second-order valence-electron chi connectivity index (χ2n) is 4.44. The van der Waals surface area contributed by atoms with Crippen molar-refractivity contribution in [3.8, 4) is 0 Å². The topological polar surface area (TPSA) is 75.4 Å². The Morgan fingerprint density at radius 3 is 2.63 bits per heavy atom. The Labute approximate surface area is 111 Å². The van der Waals surface area contributed by atoms with Gasteiger partial charge in [-0.25, -0.2) is 9.78 Å². The van der Waals surface area contributed by atoms with E-state index in [1.807, 2.05) is 20.8 Å². The molecule has 2 N–H and O–H groups in total. The van der Waals surface area contributed by atoms with Crippen LogP contribution in [-0.4, -0.2) is 16.1 Å². The average Bonchev–Trinajstić information content (AvgIpc) is 2.67. The summed E-state index contributed by atoms with van der Waals surface area (Å²) in [6.07, 6.45) is 0. The minimum atomic E-state index is -0.923. The average molecular weight is 260 g/mol. The maximum atomic E-state index is 10.8. The lowest BCUT2D eigenvalue weighted by atomic mass is 10.1. The fourth-order valence-corrected chi connectivity index (χ4v) is 1.78. The molecule has 0 atom stereocenters. The van der Waals surface area contributed by atoms with E-state index < -0.39 is 5.97 Å². The standard InChI is InChI=1S/C14H16N2O3/c1-8-6-11(14(17)18)4-5-12(8)15-7-13-16-9(2)10(3)19-13/h4-6,15H,7H2,1-3H3,(H,17,18). The van der Waals surface area contributed by atoms with Crippen LogP contribution in [-0.2, 0) is 6.54 Å². The first-order valence-corrected chi connectivity index (χ1v) is 5.98. The highest BCUT2D eigenvalue weighted by molar-refractivity contribution is 5.88. The van der Waals surface area contributed by atoms with E-state index in [0.29, 0.717) is 12.4 Å². The molecule has 5 nitrogen and oxygen atoms in total. The molecule has 1 aromatic heterocycles. The van der Waals surface area contributed by atoms with E-state index in [4.69, 9.17) is 9.52 Å². The molecular formula is C14H16N2O3. The molecule has 2 rings (SSSR count). The zero-order chi connectivity index (χ0) is 14.0. The van der Waals surface area contributed by atoms with E-state index in [9.17, 15) is 4.79 Å². The van der Waals surface area contributed by atoms with Crippen LogP contribution in [0, 0.1) is 20.8 Å². The van der Waals surface area contributed by atoms with Gasteiger partial charge < -0.3 is 14.8 Å². The number of oxazole rings is 1. The van der Waals surface area contributed by atoms with Gasteiger partial charge in [-0.15, -0.1) is 0 Å². The quantitative estimate of drug-likeness (QED) is 0.884. The van der Waals surface area contributed by atoms with Crippen LogP contribution in [0.3, 0.4) is 0 Å². The van der Waals surface area contributed by atoms with Crippen LogP contribution < -0.4 is 5.32 Å². The van der Waals surface area contributed by atoms with Gasteiger partial charge in [0.15, 0.2) is 0 Å². The molecule has 0 unspecified atom stereocenters. The molecule has 0 aliphatic heterocycles. The number of carbonyl (C=O) groups is 1. The maximum absolute atomic E-state index is 10.8. The van der Waals surface area contributed by atoms with Gasteiger partial charge in [-0.3, -0.25) is 0 Å². The van der Waals surface area contributed by atoms with Crippen molar-refractivity contribution < 1.29 is 14.3 Å². The first-order chi connectivity index (χ1) is 8.97. The molecule has 0 spiro atoms. The lowest BCUT2D eigenvalue weighted by Gasteiger charge is -2.08. The Morgan fingerprint density at radius 2 is 2.11 bits per heavy atom. The lowest BCUT2D eigenvalue weighted by Crippen LogP contribution is -2.03. The van der Waals surface area contributed by atoms with Crippen LogP contribution in [0.1, 0.15) is 33.3 Å². The molecule has 0 aliphatic carbocycles. The fourth-order valence-electron chi connectivity index (χ4n) is 1.78. The zero-order valence-corrected chi connectivity index (χ0v) is 11.2. The van der Waals surface area contributed by atoms with Crippen LogP contribution in [0.2, 0.25) is 0 Å². The number of carboxylic acids is 1. The number of aromatic carboxylic acids is 1. The van der Waals surface area contributed by atoms with Crippen molar-refractivity contribution in [1.29, 1.82) is 0 Å². The first-order valence-electron chi connectivity index (χ1n) is 5.98. The molecule has 2 aromatic rings. The van der Waals surface area contributed by atoms with Gasteiger partial charge in [-0.1, -0.05) is 0 Å². The summed E-state index contributed by atoms with van der Waals surface area (Å²) in [4.78, 5) is 15.1. The van der Waals surface area contributed by atoms with E-state index in [2.05, 4.69) is 10.3 Å². The van der Waals surface area contributed by atoms with Gasteiger partial charge in [0.1, 0.15) is 5.76 Å². The van der Waals surface area contributed by atoms with E-state index in [1.54, 1.807) is 18.2 Å². The summed E-state index contributed by atoms with van der Waals surface area (Å²) in [5.74, 6) is 0.514. The third kappa shape index (κ3) is 2.93. The van der Waals surface area contributed by atoms with Gasteiger partial charge in [0.05, 0.1) is 17.8 Å². The van der Waals surface area contributed by atoms with E-state index in [0.717, 1.165) is 22.7 Å². The summed E-state index contributed by atoms with van der Waals surface area (Å²) >= 11 is 0. The van der Waals surface area contributed by atoms with E-state index >= 15 is 0 Å². The number of aromatic nitrogens is 1. The van der Waals surface area contributed by atoms with Crippen LogP contribution in [0.15, 0.2) is 22.6 Å². The van der Waals surface area contributed by atoms with Crippen molar-refractivity contribution >= 4 is 11.7 Å². The van der Waals surface area contributed by atoms with Gasteiger partial charge in [0, 0.05) is 5.69 Å². The van der Waals surface area contributed by atoms with Gasteiger partial charge in [-0.05, 0) is 44.5 Å². The van der Waals surface area contributed by atoms with Crippen LogP contribution in [0.25, 0.3) is 0 Å². The van der Waals surface area contributed by atoms with Gasteiger partial charge in [-0.2, -0.15) is 0 Å². The number of rotatable bonds is 4. The molecular weight excluding hydrogens is 244 g/mol. The SMILES string of the molecule is Cc1cc(C(=O)O)ccc1NCc1nc(C)c(C)o1. The molecule has 0 aliphatic rings. The zero-order valence-electron chi connectivity index (χ0n) is 11.2. The molecule has 0 radical (unpaired) electrons. The molecule has 0 saturated heterocycles. The lowest BCUT2D eigenvalue weighted by molar-refractivity contribution is 0.0697. The number of nitrogens with one attached hydrogen (secondary N) is 1. The molecule has 5 heteroatoms. The van der Waals surface area contributed by atoms with Gasteiger partial charge in [0.25, 0.3) is 0 Å². The number of benzene rings is 1. The third-order valence-corrected chi connectivity index (χ3v) is 2.98. The number of hydrogen-bond acceptors (Lipinski definition) is 4. The van der Waals surface area contributed by atoms with Crippen molar-refractivity contribution in [2.24, 2.45) is 0 Å². The van der Waals surface area contributed by atoms with Crippen molar-refractivity contribution in [2.45, 2.75) is 27.3 Å². The molecule has 0 fully saturated rings. The highest BCUT2D eigenvalue weighted by Gasteiger charge is 2.08. The minimum Gasteiger partial charge on any atom is -0.478 e. The predicted octanol–water partition coefficient (Wildman–Crippen LogP) is 2.91. The molecule has 0 amide bonds. The number of carboxylic acid groups (broad SMARTS) is 1. The summed E-state index contributed by atoms with van der Waals surface area (Å²) in [5.41, 5.74) is 2.92. The Bertz CT molecular complexity index is 598. The largest absolute Gasteiger partial charge is 0.478 e. The summed E-state index contributed by atoms with van der Waals surface area (Å²) < 4.78 is 5.47. The fraction of sp³-hybridized carbons (Fsp3) is 0.286. The maximum Gasteiger partial charge on any atom is 0.335 e. The molecule has 1 heterocycles. The highest BCUT2D eigenvalue weighted by atomic mass is 16.4. The highest BCUT2D eigenvalue weighted by Crippen LogP contribution is 2.18. The summed E-state index contributed by atoms with van der Waals surface area (Å²) in [7, 11) is 0. The Kier molecular flexibility index (Phi) is 3.55. The Balaban J connectivity index is 2.09. The molecule has 0 saturated carbocycles. The van der Waals surface area contributed by atoms with E-state index in [1.165, 1.54) is 0 Å². The number of hydrogen-bond donors (Lipinski definition) is 2. The third-order valence-electron chi connectivity index (χ3n) is 2.98. The van der Waals surface area contributed by atoms with E-state index in [-0.39, 0.29) is 5.56 Å². The molecule has 1 aromatic carbocycles. The Hall–Kier alpha value is -2.30. The monoisotopic (exact) mass is 260 g/mol. The van der Waals surface area contributed by atoms with Gasteiger partial charge >= 0.3 is 5.97 Å². The number of anilines is 1. The second-order valence-corrected chi connectivity index (χ2v) is 4.44. The Morgan fingerprint density at radius 1 is 1.37 bits per heavy atom. The molecule has 19 heavy (non-hydrogen) atoms. The molecule has 0 bridgehead atoms.